The first kappa shape index (κ1) is 17.7. The second kappa shape index (κ2) is 7.63. The molecule has 0 fully saturated rings. The van der Waals surface area contributed by atoms with Gasteiger partial charge in [0.1, 0.15) is 11.5 Å². The van der Waals surface area contributed by atoms with Gasteiger partial charge in [0.05, 0.1) is 6.26 Å². The lowest BCUT2D eigenvalue weighted by atomic mass is 10.1. The molecule has 0 aliphatic heterocycles. The molecule has 0 radical (unpaired) electrons. The Kier molecular flexibility index (Phi) is 6.44. The van der Waals surface area contributed by atoms with E-state index >= 15 is 0 Å². The van der Waals surface area contributed by atoms with Crippen LogP contribution in [0.4, 0.5) is 0 Å². The van der Waals surface area contributed by atoms with Crippen LogP contribution in [0.5, 0.6) is 11.5 Å². The number of sulfonamides is 1. The maximum absolute atomic E-state index is 11.4. The third-order valence-electron chi connectivity index (χ3n) is 3.34. The highest BCUT2D eigenvalue weighted by atomic mass is 32.2. The molecule has 120 valence electrons. The summed E-state index contributed by atoms with van der Waals surface area (Å²) >= 11 is 0. The molecular weight excluding hydrogens is 292 g/mol. The molecule has 7 heteroatoms. The van der Waals surface area contributed by atoms with E-state index in [2.05, 4.69) is 5.32 Å². The minimum atomic E-state index is -3.14. The van der Waals surface area contributed by atoms with Gasteiger partial charge in [0.25, 0.3) is 0 Å². The summed E-state index contributed by atoms with van der Waals surface area (Å²) in [5.41, 5.74) is 0.697. The van der Waals surface area contributed by atoms with E-state index in [1.807, 2.05) is 13.8 Å². The molecule has 0 aliphatic rings. The molecule has 3 N–H and O–H groups in total. The number of phenolic OH excluding ortho intramolecular Hbond substituents is 2. The van der Waals surface area contributed by atoms with Gasteiger partial charge < -0.3 is 15.5 Å². The standard InChI is InChI=1S/C14H24N2O4S/c1-4-16(21(3,19)20)9-5-8-15-11(2)13-7-6-12(17)10-14(13)18/h6-7,10-11,15,17-18H,4-5,8-9H2,1-3H3. The van der Waals surface area contributed by atoms with Crippen LogP contribution in [0, 0.1) is 0 Å². The summed E-state index contributed by atoms with van der Waals surface area (Å²) in [7, 11) is -3.14. The molecule has 1 rings (SSSR count). The summed E-state index contributed by atoms with van der Waals surface area (Å²) in [6.45, 7) is 5.28. The van der Waals surface area contributed by atoms with Crippen molar-refractivity contribution in [3.63, 3.8) is 0 Å². The SMILES string of the molecule is CCN(CCCNC(C)c1ccc(O)cc1O)S(C)(=O)=O. The molecule has 6 nitrogen and oxygen atoms in total. The van der Waals surface area contributed by atoms with Crippen molar-refractivity contribution >= 4 is 10.0 Å². The molecule has 21 heavy (non-hydrogen) atoms. The Hall–Kier alpha value is -1.31. The first-order chi connectivity index (χ1) is 9.75. The van der Waals surface area contributed by atoms with Gasteiger partial charge in [-0.2, -0.15) is 0 Å². The van der Waals surface area contributed by atoms with Gasteiger partial charge in [0.15, 0.2) is 0 Å². The van der Waals surface area contributed by atoms with Crippen LogP contribution < -0.4 is 5.32 Å². The average molecular weight is 316 g/mol. The van der Waals surface area contributed by atoms with Crippen molar-refractivity contribution in [3.8, 4) is 11.5 Å². The van der Waals surface area contributed by atoms with Crippen molar-refractivity contribution < 1.29 is 18.6 Å². The predicted molar refractivity (Wildman–Crippen MR) is 82.9 cm³/mol. The van der Waals surface area contributed by atoms with Crippen LogP contribution in [0.3, 0.4) is 0 Å². The molecule has 0 amide bonds. The lowest BCUT2D eigenvalue weighted by molar-refractivity contribution is 0.409. The normalized spacial score (nSPS) is 13.5. The third-order valence-corrected chi connectivity index (χ3v) is 4.72. The van der Waals surface area contributed by atoms with Gasteiger partial charge in [-0.1, -0.05) is 13.0 Å². The van der Waals surface area contributed by atoms with Crippen molar-refractivity contribution in [3.05, 3.63) is 23.8 Å². The number of nitrogens with one attached hydrogen (secondary N) is 1. The van der Waals surface area contributed by atoms with Crippen LogP contribution in [-0.4, -0.2) is 48.8 Å². The quantitative estimate of drug-likeness (QED) is 0.631. The molecule has 1 atom stereocenters. The number of phenols is 2. The van der Waals surface area contributed by atoms with E-state index in [1.165, 1.54) is 22.7 Å². The van der Waals surface area contributed by atoms with Crippen molar-refractivity contribution in [2.45, 2.75) is 26.3 Å². The summed E-state index contributed by atoms with van der Waals surface area (Å²) in [6, 6.07) is 4.40. The first-order valence-corrected chi connectivity index (χ1v) is 8.81. The molecule has 0 heterocycles. The van der Waals surface area contributed by atoms with E-state index < -0.39 is 10.0 Å². The van der Waals surface area contributed by atoms with Crippen LogP contribution in [0.1, 0.15) is 31.9 Å². The van der Waals surface area contributed by atoms with E-state index in [4.69, 9.17) is 0 Å². The maximum Gasteiger partial charge on any atom is 0.211 e. The summed E-state index contributed by atoms with van der Waals surface area (Å²) < 4.78 is 24.3. The van der Waals surface area contributed by atoms with Gasteiger partial charge in [-0.3, -0.25) is 0 Å². The Morgan fingerprint density at radius 1 is 1.33 bits per heavy atom. The van der Waals surface area contributed by atoms with Gasteiger partial charge >= 0.3 is 0 Å². The van der Waals surface area contributed by atoms with Gasteiger partial charge in [0.2, 0.25) is 10.0 Å². The van der Waals surface area contributed by atoms with Crippen molar-refractivity contribution in [2.24, 2.45) is 0 Å². The second-order valence-corrected chi connectivity index (χ2v) is 7.01. The Morgan fingerprint density at radius 2 is 2.00 bits per heavy atom. The van der Waals surface area contributed by atoms with Crippen LogP contribution >= 0.6 is 0 Å². The van der Waals surface area contributed by atoms with Crippen LogP contribution in [0.2, 0.25) is 0 Å². The van der Waals surface area contributed by atoms with Crippen molar-refractivity contribution in [2.75, 3.05) is 25.9 Å². The smallest absolute Gasteiger partial charge is 0.211 e. The molecule has 1 aromatic carbocycles. The van der Waals surface area contributed by atoms with Crippen LogP contribution in [0.15, 0.2) is 18.2 Å². The number of hydrogen-bond donors (Lipinski definition) is 3. The lowest BCUT2D eigenvalue weighted by Crippen LogP contribution is -2.32. The fraction of sp³-hybridized carbons (Fsp3) is 0.571. The van der Waals surface area contributed by atoms with Crippen molar-refractivity contribution in [1.82, 2.24) is 9.62 Å². The fourth-order valence-electron chi connectivity index (χ4n) is 2.14. The summed E-state index contributed by atoms with van der Waals surface area (Å²) in [5.74, 6) is 0.0662. The highest BCUT2D eigenvalue weighted by Crippen LogP contribution is 2.27. The Balaban J connectivity index is 2.45. The zero-order valence-corrected chi connectivity index (χ0v) is 13.5. The molecule has 1 aromatic rings. The monoisotopic (exact) mass is 316 g/mol. The van der Waals surface area contributed by atoms with Crippen LogP contribution in [0.25, 0.3) is 0 Å². The number of nitrogens with zero attached hydrogens (tertiary/aromatic N) is 1. The van der Waals surface area contributed by atoms with E-state index in [9.17, 15) is 18.6 Å². The van der Waals surface area contributed by atoms with Gasteiger partial charge in [-0.25, -0.2) is 12.7 Å². The second-order valence-electron chi connectivity index (χ2n) is 5.03. The highest BCUT2D eigenvalue weighted by molar-refractivity contribution is 7.88. The summed E-state index contributed by atoms with van der Waals surface area (Å²) in [4.78, 5) is 0. The topological polar surface area (TPSA) is 89.9 Å². The van der Waals surface area contributed by atoms with E-state index in [0.29, 0.717) is 31.6 Å². The Morgan fingerprint density at radius 3 is 2.52 bits per heavy atom. The molecule has 0 spiro atoms. The highest BCUT2D eigenvalue weighted by Gasteiger charge is 2.14. The van der Waals surface area contributed by atoms with Gasteiger partial charge in [-0.05, 0) is 26.0 Å². The summed E-state index contributed by atoms with van der Waals surface area (Å²) in [6.07, 6.45) is 1.89. The number of benzene rings is 1. The summed E-state index contributed by atoms with van der Waals surface area (Å²) in [5, 5.41) is 22.2. The van der Waals surface area contributed by atoms with E-state index in [0.717, 1.165) is 0 Å². The minimum absolute atomic E-state index is 0.0233. The molecule has 1 unspecified atom stereocenters. The Labute approximate surface area is 126 Å². The maximum atomic E-state index is 11.4. The largest absolute Gasteiger partial charge is 0.508 e. The molecule has 0 saturated carbocycles. The van der Waals surface area contributed by atoms with E-state index in [-0.39, 0.29) is 17.5 Å². The minimum Gasteiger partial charge on any atom is -0.508 e. The number of hydrogen-bond acceptors (Lipinski definition) is 5. The molecular formula is C14H24N2O4S. The fourth-order valence-corrected chi connectivity index (χ4v) is 3.07. The number of rotatable bonds is 8. The first-order valence-electron chi connectivity index (χ1n) is 6.96. The predicted octanol–water partition coefficient (Wildman–Crippen LogP) is 1.42. The average Bonchev–Trinajstić information content (AvgIpc) is 2.36. The molecule has 0 bridgehead atoms. The Bertz CT molecular complexity index is 560. The number of aromatic hydroxyl groups is 2. The van der Waals surface area contributed by atoms with Crippen molar-refractivity contribution in [1.29, 1.82) is 0 Å². The third kappa shape index (κ3) is 5.53. The lowest BCUT2D eigenvalue weighted by Gasteiger charge is -2.19. The molecule has 0 saturated heterocycles. The molecule has 0 aromatic heterocycles. The van der Waals surface area contributed by atoms with Gasteiger partial charge in [0, 0.05) is 30.8 Å². The zero-order valence-electron chi connectivity index (χ0n) is 12.7. The van der Waals surface area contributed by atoms with Crippen LogP contribution in [-0.2, 0) is 10.0 Å². The van der Waals surface area contributed by atoms with E-state index in [1.54, 1.807) is 6.07 Å². The molecule has 0 aliphatic carbocycles. The zero-order chi connectivity index (χ0) is 16.0. The van der Waals surface area contributed by atoms with Gasteiger partial charge in [-0.15, -0.1) is 0 Å².